The van der Waals surface area contributed by atoms with Crippen LogP contribution in [0.15, 0.2) is 52.4 Å². The van der Waals surface area contributed by atoms with Gasteiger partial charge in [0.25, 0.3) is 5.56 Å². The number of hydrogen-bond acceptors (Lipinski definition) is 4. The molecular weight excluding hydrogens is 370 g/mol. The highest BCUT2D eigenvalue weighted by atomic mass is 32.2. The average Bonchev–Trinajstić information content (AvgIpc) is 3.48. The van der Waals surface area contributed by atoms with Gasteiger partial charge in [-0.1, -0.05) is 36.0 Å². The summed E-state index contributed by atoms with van der Waals surface area (Å²) in [5.41, 5.74) is 3.39. The molecule has 6 heteroatoms. The van der Waals surface area contributed by atoms with Crippen molar-refractivity contribution in [2.24, 2.45) is 0 Å². The van der Waals surface area contributed by atoms with E-state index in [2.05, 4.69) is 5.32 Å². The van der Waals surface area contributed by atoms with E-state index < -0.39 is 0 Å². The fraction of sp³-hybridized carbons (Fsp3) is 0.318. The zero-order chi connectivity index (χ0) is 19.8. The number of nitrogens with zero attached hydrogens (tertiary/aromatic N) is 2. The quantitative estimate of drug-likeness (QED) is 0.529. The van der Waals surface area contributed by atoms with E-state index in [4.69, 9.17) is 4.98 Å². The van der Waals surface area contributed by atoms with Gasteiger partial charge in [-0.3, -0.25) is 14.2 Å². The first-order valence-electron chi connectivity index (χ1n) is 9.50. The topological polar surface area (TPSA) is 64.0 Å². The Hall–Kier alpha value is -2.60. The summed E-state index contributed by atoms with van der Waals surface area (Å²) in [5.74, 6) is -0.0116. The Labute approximate surface area is 168 Å². The number of rotatable bonds is 5. The van der Waals surface area contributed by atoms with Gasteiger partial charge in [0.2, 0.25) is 5.91 Å². The summed E-state index contributed by atoms with van der Waals surface area (Å²) in [4.78, 5) is 30.6. The van der Waals surface area contributed by atoms with Crippen LogP contribution in [-0.4, -0.2) is 26.8 Å². The van der Waals surface area contributed by atoms with Crippen molar-refractivity contribution in [3.8, 4) is 5.69 Å². The van der Waals surface area contributed by atoms with Crippen molar-refractivity contribution in [3.63, 3.8) is 0 Å². The number of aromatic nitrogens is 2. The summed E-state index contributed by atoms with van der Waals surface area (Å²) in [6, 6.07) is 13.7. The van der Waals surface area contributed by atoms with E-state index in [0.717, 1.165) is 29.7 Å². The monoisotopic (exact) mass is 393 g/mol. The van der Waals surface area contributed by atoms with Gasteiger partial charge < -0.3 is 5.32 Å². The third-order valence-electron chi connectivity index (χ3n) is 4.93. The zero-order valence-electron chi connectivity index (χ0n) is 16.2. The number of carbonyl (C=O) groups excluding carboxylic acids is 1. The Bertz CT molecular complexity index is 1120. The summed E-state index contributed by atoms with van der Waals surface area (Å²) in [5, 5.41) is 3.80. The lowest BCUT2D eigenvalue weighted by Gasteiger charge is -2.18. The lowest BCUT2D eigenvalue weighted by molar-refractivity contribution is -0.120. The van der Waals surface area contributed by atoms with Gasteiger partial charge >= 0.3 is 0 Å². The molecule has 1 fully saturated rings. The zero-order valence-corrected chi connectivity index (χ0v) is 17.0. The number of nitrogens with one attached hydrogen (secondary N) is 1. The average molecular weight is 394 g/mol. The lowest BCUT2D eigenvalue weighted by Crippen LogP contribution is -2.33. The molecule has 0 bridgehead atoms. The van der Waals surface area contributed by atoms with Crippen LogP contribution in [-0.2, 0) is 4.79 Å². The Balaban J connectivity index is 1.84. The third kappa shape index (κ3) is 3.69. The largest absolute Gasteiger partial charge is 0.352 e. The van der Waals surface area contributed by atoms with Crippen LogP contribution in [0, 0.1) is 13.8 Å². The second-order valence-corrected chi connectivity index (χ2v) is 8.69. The smallest absolute Gasteiger partial charge is 0.266 e. The molecule has 0 spiro atoms. The number of aryl methyl sites for hydroxylation is 2. The Morgan fingerprint density at radius 3 is 2.71 bits per heavy atom. The number of carbonyl (C=O) groups is 1. The molecule has 5 nitrogen and oxygen atoms in total. The molecule has 2 aromatic carbocycles. The van der Waals surface area contributed by atoms with E-state index in [1.165, 1.54) is 11.8 Å². The van der Waals surface area contributed by atoms with Crippen LogP contribution >= 0.6 is 11.8 Å². The molecule has 1 heterocycles. The van der Waals surface area contributed by atoms with Crippen LogP contribution in [0.5, 0.6) is 0 Å². The minimum absolute atomic E-state index is 0.0116. The molecule has 0 radical (unpaired) electrons. The van der Waals surface area contributed by atoms with Crippen molar-refractivity contribution in [2.45, 2.75) is 50.1 Å². The first-order valence-corrected chi connectivity index (χ1v) is 10.4. The van der Waals surface area contributed by atoms with Crippen LogP contribution in [0.2, 0.25) is 0 Å². The Morgan fingerprint density at radius 1 is 1.21 bits per heavy atom. The molecule has 1 aliphatic carbocycles. The summed E-state index contributed by atoms with van der Waals surface area (Å²) < 4.78 is 1.65. The summed E-state index contributed by atoms with van der Waals surface area (Å²) in [6.45, 7) is 5.84. The number of para-hydroxylation sites is 1. The van der Waals surface area contributed by atoms with E-state index in [1.807, 2.05) is 57.2 Å². The van der Waals surface area contributed by atoms with Gasteiger partial charge in [-0.25, -0.2) is 4.98 Å². The molecule has 1 aliphatic rings. The maximum Gasteiger partial charge on any atom is 0.266 e. The molecule has 144 valence electrons. The minimum atomic E-state index is -0.343. The summed E-state index contributed by atoms with van der Waals surface area (Å²) in [7, 11) is 0. The Kier molecular flexibility index (Phi) is 4.98. The van der Waals surface area contributed by atoms with E-state index in [-0.39, 0.29) is 16.7 Å². The predicted octanol–water partition coefficient (Wildman–Crippen LogP) is 3.76. The number of hydrogen-bond donors (Lipinski definition) is 1. The second-order valence-electron chi connectivity index (χ2n) is 7.38. The van der Waals surface area contributed by atoms with Crippen molar-refractivity contribution in [3.05, 3.63) is 63.9 Å². The molecule has 28 heavy (non-hydrogen) atoms. The van der Waals surface area contributed by atoms with Crippen molar-refractivity contribution in [1.29, 1.82) is 0 Å². The third-order valence-corrected chi connectivity index (χ3v) is 5.98. The van der Waals surface area contributed by atoms with Gasteiger partial charge in [0.15, 0.2) is 5.16 Å². The van der Waals surface area contributed by atoms with Gasteiger partial charge in [0, 0.05) is 6.04 Å². The fourth-order valence-electron chi connectivity index (χ4n) is 3.12. The molecule has 3 aromatic rings. The van der Waals surface area contributed by atoms with Crippen LogP contribution in [0.25, 0.3) is 16.6 Å². The Morgan fingerprint density at radius 2 is 1.96 bits per heavy atom. The number of thioether (sulfide) groups is 1. The number of benzene rings is 2. The van der Waals surface area contributed by atoms with E-state index >= 15 is 0 Å². The highest BCUT2D eigenvalue weighted by molar-refractivity contribution is 8.00. The highest BCUT2D eigenvalue weighted by Gasteiger charge is 2.27. The first kappa shape index (κ1) is 18.7. The van der Waals surface area contributed by atoms with Crippen molar-refractivity contribution in [2.75, 3.05) is 0 Å². The minimum Gasteiger partial charge on any atom is -0.352 e. The number of amides is 1. The van der Waals surface area contributed by atoms with Gasteiger partial charge in [0.1, 0.15) is 0 Å². The van der Waals surface area contributed by atoms with Gasteiger partial charge in [-0.2, -0.15) is 0 Å². The standard InChI is InChI=1S/C22H23N3O2S/c1-13-8-9-14(2)19(12-13)25-21(27)17-6-4-5-7-18(17)24-22(25)28-15(3)20(26)23-16-10-11-16/h4-9,12,15-16H,10-11H2,1-3H3,(H,23,26)/t15-/m1/s1. The van der Waals surface area contributed by atoms with E-state index in [9.17, 15) is 9.59 Å². The van der Waals surface area contributed by atoms with Crippen molar-refractivity contribution < 1.29 is 4.79 Å². The highest BCUT2D eigenvalue weighted by Crippen LogP contribution is 2.28. The van der Waals surface area contributed by atoms with Crippen LogP contribution in [0.1, 0.15) is 30.9 Å². The fourth-order valence-corrected chi connectivity index (χ4v) is 4.05. The number of fused-ring (bicyclic) bond motifs is 1. The van der Waals surface area contributed by atoms with Gasteiger partial charge in [-0.05, 0) is 62.9 Å². The second kappa shape index (κ2) is 7.43. The SMILES string of the molecule is Cc1ccc(C)c(-n2c(S[C@H](C)C(=O)NC3CC3)nc3ccccc3c2=O)c1. The molecule has 1 saturated carbocycles. The van der Waals surface area contributed by atoms with Crippen LogP contribution in [0.3, 0.4) is 0 Å². The molecule has 0 unspecified atom stereocenters. The van der Waals surface area contributed by atoms with Gasteiger partial charge in [-0.15, -0.1) is 0 Å². The summed E-state index contributed by atoms with van der Waals surface area (Å²) in [6.07, 6.45) is 2.09. The molecule has 0 saturated heterocycles. The lowest BCUT2D eigenvalue weighted by atomic mass is 10.1. The van der Waals surface area contributed by atoms with E-state index in [0.29, 0.717) is 22.1 Å². The maximum atomic E-state index is 13.4. The molecule has 1 amide bonds. The van der Waals surface area contributed by atoms with Crippen LogP contribution < -0.4 is 10.9 Å². The first-order chi connectivity index (χ1) is 13.4. The molecule has 1 atom stereocenters. The maximum absolute atomic E-state index is 13.4. The van der Waals surface area contributed by atoms with Crippen LogP contribution in [0.4, 0.5) is 0 Å². The van der Waals surface area contributed by atoms with E-state index in [1.54, 1.807) is 10.6 Å². The molecule has 1 N–H and O–H groups in total. The van der Waals surface area contributed by atoms with Gasteiger partial charge in [0.05, 0.1) is 21.8 Å². The molecule has 4 rings (SSSR count). The predicted molar refractivity (Wildman–Crippen MR) is 113 cm³/mol. The van der Waals surface area contributed by atoms with Crippen molar-refractivity contribution >= 4 is 28.6 Å². The summed E-state index contributed by atoms with van der Waals surface area (Å²) >= 11 is 1.33. The van der Waals surface area contributed by atoms with Crippen molar-refractivity contribution in [1.82, 2.24) is 14.9 Å². The normalized spacial score (nSPS) is 14.8. The molecule has 1 aromatic heterocycles. The molecule has 0 aliphatic heterocycles. The molecular formula is C22H23N3O2S.